The summed E-state index contributed by atoms with van der Waals surface area (Å²) in [4.78, 5) is 27.5. The molecule has 186 valence electrons. The molecule has 0 saturated heterocycles. The van der Waals surface area contributed by atoms with Crippen LogP contribution >= 0.6 is 0 Å². The van der Waals surface area contributed by atoms with Gasteiger partial charge < -0.3 is 10.2 Å². The number of carbonyl (C=O) groups excluding carboxylic acids is 2. The van der Waals surface area contributed by atoms with Crippen molar-refractivity contribution in [3.05, 3.63) is 66.0 Å². The van der Waals surface area contributed by atoms with E-state index in [0.29, 0.717) is 13.0 Å². The highest BCUT2D eigenvalue weighted by molar-refractivity contribution is 7.90. The lowest BCUT2D eigenvalue weighted by atomic mass is 10.1. The van der Waals surface area contributed by atoms with Gasteiger partial charge in [-0.1, -0.05) is 37.3 Å². The average Bonchev–Trinajstić information content (AvgIpc) is 2.82. The number of benzene rings is 2. The quantitative estimate of drug-likeness (QED) is 0.493. The Kier molecular flexibility index (Phi) is 10.0. The molecule has 0 heterocycles. The molecule has 1 N–H and O–H groups in total. The molecule has 0 radical (unpaired) electrons. The van der Waals surface area contributed by atoms with Crippen molar-refractivity contribution in [2.24, 2.45) is 0 Å². The summed E-state index contributed by atoms with van der Waals surface area (Å²) in [5.41, 5.74) is 1.13. The van der Waals surface area contributed by atoms with E-state index in [2.05, 4.69) is 5.32 Å². The first-order valence-corrected chi connectivity index (χ1v) is 12.5. The third-order valence-corrected chi connectivity index (χ3v) is 7.15. The summed E-state index contributed by atoms with van der Waals surface area (Å²) >= 11 is 0. The molecule has 34 heavy (non-hydrogen) atoms. The molecule has 2 aromatic carbocycles. The molecular weight excluding hydrogens is 459 g/mol. The zero-order valence-corrected chi connectivity index (χ0v) is 20.9. The van der Waals surface area contributed by atoms with Gasteiger partial charge in [-0.15, -0.1) is 0 Å². The molecule has 2 rings (SSSR count). The first-order chi connectivity index (χ1) is 16.1. The van der Waals surface area contributed by atoms with Crippen LogP contribution in [0.25, 0.3) is 0 Å². The van der Waals surface area contributed by atoms with E-state index in [9.17, 15) is 22.4 Å². The van der Waals surface area contributed by atoms with E-state index >= 15 is 0 Å². The summed E-state index contributed by atoms with van der Waals surface area (Å²) < 4.78 is 41.4. The van der Waals surface area contributed by atoms with Crippen LogP contribution in [0.4, 0.5) is 10.1 Å². The number of nitrogens with zero attached hydrogens (tertiary/aromatic N) is 3. The minimum absolute atomic E-state index is 0.148. The van der Waals surface area contributed by atoms with E-state index in [-0.39, 0.29) is 18.1 Å². The Morgan fingerprint density at radius 1 is 1.03 bits per heavy atom. The number of nitrogens with one attached hydrogen (secondary N) is 1. The molecule has 1 atom stereocenters. The second-order valence-electron chi connectivity index (χ2n) is 8.06. The maximum atomic E-state index is 13.5. The highest BCUT2D eigenvalue weighted by Gasteiger charge is 2.32. The lowest BCUT2D eigenvalue weighted by Gasteiger charge is -2.32. The van der Waals surface area contributed by atoms with Gasteiger partial charge in [0.1, 0.15) is 18.4 Å². The molecule has 8 nitrogen and oxygen atoms in total. The van der Waals surface area contributed by atoms with Gasteiger partial charge in [0.05, 0.1) is 5.69 Å². The van der Waals surface area contributed by atoms with Crippen LogP contribution in [0.1, 0.15) is 25.8 Å². The lowest BCUT2D eigenvalue weighted by Crippen LogP contribution is -2.53. The van der Waals surface area contributed by atoms with Gasteiger partial charge in [-0.2, -0.15) is 12.7 Å². The van der Waals surface area contributed by atoms with Crippen molar-refractivity contribution < 1.29 is 22.4 Å². The van der Waals surface area contributed by atoms with Gasteiger partial charge in [-0.05, 0) is 49.6 Å². The summed E-state index contributed by atoms with van der Waals surface area (Å²) in [6.07, 6.45) is 1.24. The van der Waals surface area contributed by atoms with E-state index in [1.807, 2.05) is 37.3 Å². The molecule has 0 aromatic heterocycles. The number of rotatable bonds is 12. The van der Waals surface area contributed by atoms with Gasteiger partial charge in [0, 0.05) is 27.2 Å². The van der Waals surface area contributed by atoms with Gasteiger partial charge in [0.25, 0.3) is 0 Å². The summed E-state index contributed by atoms with van der Waals surface area (Å²) in [6, 6.07) is 13.6. The fourth-order valence-electron chi connectivity index (χ4n) is 3.29. The zero-order valence-electron chi connectivity index (χ0n) is 20.1. The Morgan fingerprint density at radius 3 is 2.21 bits per heavy atom. The molecule has 0 fully saturated rings. The van der Waals surface area contributed by atoms with Gasteiger partial charge in [-0.3, -0.25) is 9.59 Å². The van der Waals surface area contributed by atoms with Gasteiger partial charge >= 0.3 is 10.2 Å². The molecule has 0 aliphatic carbocycles. The van der Waals surface area contributed by atoms with Crippen LogP contribution in [0.2, 0.25) is 0 Å². The smallest absolute Gasteiger partial charge is 0.304 e. The second kappa shape index (κ2) is 12.5. The van der Waals surface area contributed by atoms with Crippen molar-refractivity contribution >= 4 is 27.7 Å². The van der Waals surface area contributed by atoms with Crippen molar-refractivity contribution in [2.75, 3.05) is 38.0 Å². The molecular formula is C24H33FN4O4S. The number of hydrogen-bond acceptors (Lipinski definition) is 4. The zero-order chi connectivity index (χ0) is 25.3. The Morgan fingerprint density at radius 2 is 1.65 bits per heavy atom. The minimum atomic E-state index is -4.06. The van der Waals surface area contributed by atoms with Crippen LogP contribution in [0, 0.1) is 5.82 Å². The first-order valence-electron chi connectivity index (χ1n) is 11.1. The molecule has 0 spiro atoms. The normalized spacial score (nSPS) is 12.3. The molecule has 0 aliphatic heterocycles. The number of carbonyl (C=O) groups is 2. The third kappa shape index (κ3) is 7.26. The number of hydrogen-bond donors (Lipinski definition) is 1. The van der Waals surface area contributed by atoms with Crippen molar-refractivity contribution in [3.63, 3.8) is 0 Å². The van der Waals surface area contributed by atoms with Crippen molar-refractivity contribution in [3.8, 4) is 0 Å². The van der Waals surface area contributed by atoms with E-state index in [4.69, 9.17) is 0 Å². The molecule has 2 aromatic rings. The molecule has 0 bridgehead atoms. The maximum Gasteiger partial charge on any atom is 0.304 e. The predicted molar refractivity (Wildman–Crippen MR) is 131 cm³/mol. The fraction of sp³-hybridized carbons (Fsp3) is 0.417. The Bertz CT molecular complexity index is 1050. The van der Waals surface area contributed by atoms with Crippen LogP contribution in [-0.4, -0.2) is 69.2 Å². The van der Waals surface area contributed by atoms with Crippen molar-refractivity contribution in [1.29, 1.82) is 0 Å². The largest absolute Gasteiger partial charge is 0.354 e. The maximum absolute atomic E-state index is 13.5. The number of amides is 2. The number of halogens is 1. The standard InChI is InChI=1S/C24H33FN4O4S/c1-5-16-26-24(31)19(2)28(17-15-20-9-7-6-8-10-20)23(30)18-29(34(32,33)27(3)4)22-13-11-21(25)12-14-22/h6-14,19H,5,15-18H2,1-4H3,(H,26,31)/t19-/m1/s1. The average molecular weight is 493 g/mol. The highest BCUT2D eigenvalue weighted by atomic mass is 32.2. The van der Waals surface area contributed by atoms with E-state index in [1.54, 1.807) is 6.92 Å². The van der Waals surface area contributed by atoms with Crippen LogP contribution in [0.5, 0.6) is 0 Å². The summed E-state index contributed by atoms with van der Waals surface area (Å²) in [5, 5.41) is 2.79. The Balaban J connectivity index is 2.35. The van der Waals surface area contributed by atoms with Crippen LogP contribution in [0.15, 0.2) is 54.6 Å². The molecule has 2 amide bonds. The molecule has 10 heteroatoms. The monoisotopic (exact) mass is 492 g/mol. The van der Waals surface area contributed by atoms with Gasteiger partial charge in [-0.25, -0.2) is 8.70 Å². The van der Waals surface area contributed by atoms with Crippen LogP contribution < -0.4 is 9.62 Å². The number of anilines is 1. The van der Waals surface area contributed by atoms with E-state index in [0.717, 1.165) is 32.7 Å². The SMILES string of the molecule is CCCNC(=O)[C@@H](C)N(CCc1ccccc1)C(=O)CN(c1ccc(F)cc1)S(=O)(=O)N(C)C. The van der Waals surface area contributed by atoms with Crippen molar-refractivity contribution in [1.82, 2.24) is 14.5 Å². The Hall–Kier alpha value is -2.98. The third-order valence-electron chi connectivity index (χ3n) is 5.33. The van der Waals surface area contributed by atoms with E-state index in [1.165, 1.54) is 31.1 Å². The summed E-state index contributed by atoms with van der Waals surface area (Å²) in [6.45, 7) is 3.71. The Labute approximate surface area is 201 Å². The molecule has 0 aliphatic rings. The lowest BCUT2D eigenvalue weighted by molar-refractivity contribution is -0.138. The summed E-state index contributed by atoms with van der Waals surface area (Å²) in [5.74, 6) is -1.38. The minimum Gasteiger partial charge on any atom is -0.354 e. The fourth-order valence-corrected chi connectivity index (χ4v) is 4.35. The highest BCUT2D eigenvalue weighted by Crippen LogP contribution is 2.21. The summed E-state index contributed by atoms with van der Waals surface area (Å²) in [7, 11) is -1.36. The second-order valence-corrected chi connectivity index (χ2v) is 10.1. The molecule has 0 saturated carbocycles. The van der Waals surface area contributed by atoms with Gasteiger partial charge in [0.15, 0.2) is 0 Å². The van der Waals surface area contributed by atoms with Gasteiger partial charge in [0.2, 0.25) is 11.8 Å². The predicted octanol–water partition coefficient (Wildman–Crippen LogP) is 2.42. The van der Waals surface area contributed by atoms with E-state index < -0.39 is 34.5 Å². The first kappa shape index (κ1) is 27.3. The molecule has 0 unspecified atom stereocenters. The van der Waals surface area contributed by atoms with Crippen LogP contribution in [-0.2, 0) is 26.2 Å². The topological polar surface area (TPSA) is 90.0 Å². The van der Waals surface area contributed by atoms with Crippen molar-refractivity contribution in [2.45, 2.75) is 32.7 Å². The van der Waals surface area contributed by atoms with Crippen LogP contribution in [0.3, 0.4) is 0 Å².